The minimum atomic E-state index is -0.736. The molecule has 0 saturated carbocycles. The van der Waals surface area contributed by atoms with Gasteiger partial charge in [-0.15, -0.1) is 0 Å². The number of aliphatic carboxylic acids is 2. The standard InChI is InChI=1S/2C6H10O3/c2*1-4-2-9-3-5(4)6(7)8/h2*4-5H,2-3H2,1H3,(H,7,8)/t2*4-,5-/m10/s1. The molecule has 0 aromatic carbocycles. The number of hydrogen-bond donors (Lipinski definition) is 2. The fourth-order valence-electron chi connectivity index (χ4n) is 1.95. The van der Waals surface area contributed by atoms with Crippen LogP contribution in [-0.4, -0.2) is 48.6 Å². The molecular weight excluding hydrogens is 240 g/mol. The van der Waals surface area contributed by atoms with E-state index < -0.39 is 11.9 Å². The Morgan fingerprint density at radius 2 is 1.17 bits per heavy atom. The van der Waals surface area contributed by atoms with E-state index in [1.54, 1.807) is 0 Å². The lowest BCUT2D eigenvalue weighted by Gasteiger charge is -2.04. The Hall–Kier alpha value is -1.14. The lowest BCUT2D eigenvalue weighted by atomic mass is 9.99. The summed E-state index contributed by atoms with van der Waals surface area (Å²) in [5.74, 6) is -1.65. The number of ether oxygens (including phenoxy) is 2. The van der Waals surface area contributed by atoms with Crippen LogP contribution in [0.3, 0.4) is 0 Å². The van der Waals surface area contributed by atoms with Gasteiger partial charge in [-0.2, -0.15) is 0 Å². The van der Waals surface area contributed by atoms with Crippen LogP contribution in [0.1, 0.15) is 13.8 Å². The highest BCUT2D eigenvalue weighted by Gasteiger charge is 2.30. The summed E-state index contributed by atoms with van der Waals surface area (Å²) in [6.07, 6.45) is 0. The molecule has 2 aliphatic heterocycles. The number of carbonyl (C=O) groups is 2. The first-order valence-electron chi connectivity index (χ1n) is 6.04. The summed E-state index contributed by atoms with van der Waals surface area (Å²) < 4.78 is 9.90. The van der Waals surface area contributed by atoms with E-state index in [-0.39, 0.29) is 23.7 Å². The fourth-order valence-corrected chi connectivity index (χ4v) is 1.95. The zero-order valence-corrected chi connectivity index (χ0v) is 10.7. The van der Waals surface area contributed by atoms with Crippen molar-refractivity contribution in [3.8, 4) is 0 Å². The third-order valence-electron chi connectivity index (χ3n) is 3.36. The maximum atomic E-state index is 10.3. The van der Waals surface area contributed by atoms with Crippen LogP contribution in [0.2, 0.25) is 0 Å². The second kappa shape index (κ2) is 6.70. The van der Waals surface area contributed by atoms with Crippen LogP contribution >= 0.6 is 0 Å². The maximum Gasteiger partial charge on any atom is 0.309 e. The SMILES string of the molecule is C[C@@H]1COC[C@H]1C(=O)O.C[C@H]1COC[C@@H]1C(=O)O. The monoisotopic (exact) mass is 260 g/mol. The predicted octanol–water partition coefficient (Wildman–Crippen LogP) is 0.707. The Balaban J connectivity index is 0.000000180. The van der Waals surface area contributed by atoms with Crippen LogP contribution in [0.5, 0.6) is 0 Å². The molecule has 0 aromatic rings. The summed E-state index contributed by atoms with van der Waals surface area (Å²) in [4.78, 5) is 20.7. The highest BCUT2D eigenvalue weighted by atomic mass is 16.5. The Morgan fingerprint density at radius 1 is 0.833 bits per heavy atom. The molecule has 2 aliphatic rings. The molecule has 0 spiro atoms. The van der Waals surface area contributed by atoms with Crippen molar-refractivity contribution in [2.75, 3.05) is 26.4 Å². The average molecular weight is 260 g/mol. The van der Waals surface area contributed by atoms with Gasteiger partial charge in [-0.1, -0.05) is 13.8 Å². The van der Waals surface area contributed by atoms with Crippen LogP contribution in [0.15, 0.2) is 0 Å². The molecular formula is C12H20O6. The van der Waals surface area contributed by atoms with E-state index in [4.69, 9.17) is 19.7 Å². The smallest absolute Gasteiger partial charge is 0.309 e. The third-order valence-corrected chi connectivity index (χ3v) is 3.36. The maximum absolute atomic E-state index is 10.3. The van der Waals surface area contributed by atoms with Gasteiger partial charge in [-0.3, -0.25) is 9.59 Å². The molecule has 0 radical (unpaired) electrons. The molecule has 0 aliphatic carbocycles. The van der Waals surface area contributed by atoms with E-state index in [0.29, 0.717) is 26.4 Å². The molecule has 104 valence electrons. The Bertz CT molecular complexity index is 273. The van der Waals surface area contributed by atoms with Gasteiger partial charge in [0.25, 0.3) is 0 Å². The minimum absolute atomic E-state index is 0.183. The second-order valence-electron chi connectivity index (χ2n) is 4.92. The summed E-state index contributed by atoms with van der Waals surface area (Å²) in [5, 5.41) is 17.0. The molecule has 0 aromatic heterocycles. The lowest BCUT2D eigenvalue weighted by molar-refractivity contribution is -0.143. The summed E-state index contributed by atoms with van der Waals surface area (Å²) >= 11 is 0. The van der Waals surface area contributed by atoms with E-state index in [1.807, 2.05) is 13.8 Å². The van der Waals surface area contributed by atoms with Crippen LogP contribution < -0.4 is 0 Å². The Morgan fingerprint density at radius 3 is 1.28 bits per heavy atom. The van der Waals surface area contributed by atoms with Gasteiger partial charge in [0.15, 0.2) is 0 Å². The van der Waals surface area contributed by atoms with E-state index in [1.165, 1.54) is 0 Å². The zero-order chi connectivity index (χ0) is 13.7. The van der Waals surface area contributed by atoms with E-state index in [9.17, 15) is 9.59 Å². The van der Waals surface area contributed by atoms with Gasteiger partial charge in [0.2, 0.25) is 0 Å². The second-order valence-corrected chi connectivity index (χ2v) is 4.92. The zero-order valence-electron chi connectivity index (χ0n) is 10.7. The summed E-state index contributed by atoms with van der Waals surface area (Å²) in [6.45, 7) is 5.75. The fraction of sp³-hybridized carbons (Fsp3) is 0.833. The van der Waals surface area contributed by atoms with Crippen LogP contribution in [0.25, 0.3) is 0 Å². The third kappa shape index (κ3) is 3.96. The van der Waals surface area contributed by atoms with Crippen molar-refractivity contribution < 1.29 is 29.3 Å². The molecule has 2 heterocycles. The summed E-state index contributed by atoms with van der Waals surface area (Å²) in [6, 6.07) is 0. The predicted molar refractivity (Wildman–Crippen MR) is 62.2 cm³/mol. The van der Waals surface area contributed by atoms with Crippen molar-refractivity contribution in [1.82, 2.24) is 0 Å². The molecule has 2 N–H and O–H groups in total. The molecule has 4 atom stereocenters. The van der Waals surface area contributed by atoms with Gasteiger partial charge in [-0.25, -0.2) is 0 Å². The number of hydrogen-bond acceptors (Lipinski definition) is 4. The van der Waals surface area contributed by atoms with Gasteiger partial charge in [0, 0.05) is 0 Å². The van der Waals surface area contributed by atoms with Crippen molar-refractivity contribution in [2.45, 2.75) is 13.8 Å². The molecule has 0 unspecified atom stereocenters. The molecule has 18 heavy (non-hydrogen) atoms. The highest BCUT2D eigenvalue weighted by Crippen LogP contribution is 2.20. The van der Waals surface area contributed by atoms with E-state index in [0.717, 1.165) is 0 Å². The number of carboxylic acid groups (broad SMARTS) is 2. The van der Waals surface area contributed by atoms with Crippen molar-refractivity contribution in [3.05, 3.63) is 0 Å². The van der Waals surface area contributed by atoms with Crippen molar-refractivity contribution in [2.24, 2.45) is 23.7 Å². The Labute approximate surface area is 106 Å². The molecule has 2 saturated heterocycles. The first-order chi connectivity index (χ1) is 8.43. The van der Waals surface area contributed by atoms with Gasteiger partial charge >= 0.3 is 11.9 Å². The highest BCUT2D eigenvalue weighted by molar-refractivity contribution is 5.71. The van der Waals surface area contributed by atoms with Crippen molar-refractivity contribution >= 4 is 11.9 Å². The Kier molecular flexibility index (Phi) is 5.55. The van der Waals surface area contributed by atoms with Crippen LogP contribution in [0.4, 0.5) is 0 Å². The average Bonchev–Trinajstić information content (AvgIpc) is 2.87. The molecule has 0 amide bonds. The van der Waals surface area contributed by atoms with Gasteiger partial charge < -0.3 is 19.7 Å². The molecule has 2 rings (SSSR count). The lowest BCUT2D eigenvalue weighted by Crippen LogP contribution is -2.19. The summed E-state index contributed by atoms with van der Waals surface area (Å²) in [5.41, 5.74) is 0. The van der Waals surface area contributed by atoms with Gasteiger partial charge in [-0.05, 0) is 11.8 Å². The molecule has 0 bridgehead atoms. The topological polar surface area (TPSA) is 93.1 Å². The largest absolute Gasteiger partial charge is 0.481 e. The number of carboxylic acids is 2. The normalized spacial score (nSPS) is 34.8. The van der Waals surface area contributed by atoms with Crippen LogP contribution in [-0.2, 0) is 19.1 Å². The van der Waals surface area contributed by atoms with Crippen LogP contribution in [0, 0.1) is 23.7 Å². The molecule has 6 heteroatoms. The van der Waals surface area contributed by atoms with Crippen molar-refractivity contribution in [3.63, 3.8) is 0 Å². The summed E-state index contributed by atoms with van der Waals surface area (Å²) in [7, 11) is 0. The molecule has 2 fully saturated rings. The minimum Gasteiger partial charge on any atom is -0.481 e. The van der Waals surface area contributed by atoms with Gasteiger partial charge in [0.05, 0.1) is 38.3 Å². The van der Waals surface area contributed by atoms with Gasteiger partial charge in [0.1, 0.15) is 0 Å². The van der Waals surface area contributed by atoms with E-state index in [2.05, 4.69) is 0 Å². The van der Waals surface area contributed by atoms with E-state index >= 15 is 0 Å². The van der Waals surface area contributed by atoms with Crippen molar-refractivity contribution in [1.29, 1.82) is 0 Å². The molecule has 6 nitrogen and oxygen atoms in total. The number of rotatable bonds is 2. The first-order valence-corrected chi connectivity index (χ1v) is 6.04. The quantitative estimate of drug-likeness (QED) is 0.759. The first kappa shape index (κ1) is 14.9.